The minimum absolute atomic E-state index is 0.0256. The lowest BCUT2D eigenvalue weighted by molar-refractivity contribution is 0.0366. The molecule has 1 heterocycles. The van der Waals surface area contributed by atoms with E-state index in [2.05, 4.69) is 0 Å². The van der Waals surface area contributed by atoms with Gasteiger partial charge in [-0.1, -0.05) is 11.6 Å². The van der Waals surface area contributed by atoms with Crippen LogP contribution in [0.5, 0.6) is 0 Å². The Morgan fingerprint density at radius 1 is 1.44 bits per heavy atom. The SMILES string of the molecule is O=C(CN1CCCC1O)c1ccc(Cl)cc1. The van der Waals surface area contributed by atoms with Crippen LogP contribution in [0.25, 0.3) is 0 Å². The number of nitrogens with zero attached hydrogens (tertiary/aromatic N) is 1. The molecular weight excluding hydrogens is 226 g/mol. The zero-order chi connectivity index (χ0) is 11.5. The molecule has 1 saturated heterocycles. The number of Topliss-reactive ketones (excluding diaryl/α,β-unsaturated/α-hetero) is 1. The third-order valence-corrected chi connectivity index (χ3v) is 3.09. The van der Waals surface area contributed by atoms with E-state index >= 15 is 0 Å². The summed E-state index contributed by atoms with van der Waals surface area (Å²) >= 11 is 5.75. The molecule has 1 aromatic rings. The van der Waals surface area contributed by atoms with E-state index in [-0.39, 0.29) is 12.3 Å². The summed E-state index contributed by atoms with van der Waals surface area (Å²) in [7, 11) is 0. The van der Waals surface area contributed by atoms with Crippen LogP contribution in [0.1, 0.15) is 23.2 Å². The number of likely N-dealkylation sites (tertiary alicyclic amines) is 1. The van der Waals surface area contributed by atoms with Crippen LogP contribution in [0.15, 0.2) is 24.3 Å². The maximum absolute atomic E-state index is 11.9. The summed E-state index contributed by atoms with van der Waals surface area (Å²) in [6, 6.07) is 6.84. The molecule has 16 heavy (non-hydrogen) atoms. The van der Waals surface area contributed by atoms with Crippen LogP contribution in [0, 0.1) is 0 Å². The summed E-state index contributed by atoms with van der Waals surface area (Å²) in [6.07, 6.45) is 1.25. The van der Waals surface area contributed by atoms with Gasteiger partial charge >= 0.3 is 0 Å². The number of aliphatic hydroxyl groups is 1. The molecule has 0 spiro atoms. The van der Waals surface area contributed by atoms with Gasteiger partial charge in [0.05, 0.1) is 6.54 Å². The largest absolute Gasteiger partial charge is 0.378 e. The Bertz CT molecular complexity index is 377. The van der Waals surface area contributed by atoms with Crippen LogP contribution in [-0.4, -0.2) is 35.1 Å². The maximum atomic E-state index is 11.9. The van der Waals surface area contributed by atoms with Crippen molar-refractivity contribution < 1.29 is 9.90 Å². The number of rotatable bonds is 3. The van der Waals surface area contributed by atoms with Crippen molar-refractivity contribution in [3.63, 3.8) is 0 Å². The highest BCUT2D eigenvalue weighted by Gasteiger charge is 2.24. The smallest absolute Gasteiger partial charge is 0.176 e. The fourth-order valence-corrected chi connectivity index (χ4v) is 2.03. The summed E-state index contributed by atoms with van der Waals surface area (Å²) in [6.45, 7) is 1.07. The van der Waals surface area contributed by atoms with Crippen LogP contribution in [0.3, 0.4) is 0 Å². The highest BCUT2D eigenvalue weighted by molar-refractivity contribution is 6.30. The number of carbonyl (C=O) groups excluding carboxylic acids is 1. The Morgan fingerprint density at radius 2 is 2.12 bits per heavy atom. The zero-order valence-corrected chi connectivity index (χ0v) is 9.65. The summed E-state index contributed by atoms with van der Waals surface area (Å²) in [5.74, 6) is 0.0256. The second kappa shape index (κ2) is 4.95. The quantitative estimate of drug-likeness (QED) is 0.820. The number of hydrogen-bond donors (Lipinski definition) is 1. The molecule has 0 saturated carbocycles. The Morgan fingerprint density at radius 3 is 2.69 bits per heavy atom. The molecule has 1 N–H and O–H groups in total. The Labute approximate surface area is 99.6 Å². The first-order valence-electron chi connectivity index (χ1n) is 5.38. The first-order valence-corrected chi connectivity index (χ1v) is 5.75. The fraction of sp³-hybridized carbons (Fsp3) is 0.417. The minimum atomic E-state index is -0.462. The lowest BCUT2D eigenvalue weighted by Crippen LogP contribution is -2.34. The van der Waals surface area contributed by atoms with Crippen LogP contribution in [0.4, 0.5) is 0 Å². The predicted molar refractivity (Wildman–Crippen MR) is 62.6 cm³/mol. The summed E-state index contributed by atoms with van der Waals surface area (Å²) in [5, 5.41) is 10.2. The number of hydrogen-bond acceptors (Lipinski definition) is 3. The fourth-order valence-electron chi connectivity index (χ4n) is 1.90. The molecule has 1 aromatic carbocycles. The van der Waals surface area contributed by atoms with E-state index in [1.165, 1.54) is 0 Å². The molecule has 0 amide bonds. The molecule has 1 unspecified atom stereocenters. The molecule has 3 nitrogen and oxygen atoms in total. The number of halogens is 1. The Hall–Kier alpha value is -0.900. The van der Waals surface area contributed by atoms with Crippen LogP contribution < -0.4 is 0 Å². The Balaban J connectivity index is 2.00. The van der Waals surface area contributed by atoms with Crippen molar-refractivity contribution in [2.45, 2.75) is 19.1 Å². The number of ketones is 1. The van der Waals surface area contributed by atoms with Crippen molar-refractivity contribution in [2.75, 3.05) is 13.1 Å². The van der Waals surface area contributed by atoms with E-state index in [4.69, 9.17) is 11.6 Å². The lowest BCUT2D eigenvalue weighted by atomic mass is 10.1. The van der Waals surface area contributed by atoms with Crippen molar-refractivity contribution in [3.05, 3.63) is 34.9 Å². The van der Waals surface area contributed by atoms with Gasteiger partial charge in [-0.2, -0.15) is 0 Å². The third-order valence-electron chi connectivity index (χ3n) is 2.84. The van der Waals surface area contributed by atoms with E-state index in [1.807, 2.05) is 0 Å². The molecular formula is C12H14ClNO2. The van der Waals surface area contributed by atoms with Crippen molar-refractivity contribution in [3.8, 4) is 0 Å². The van der Waals surface area contributed by atoms with Crippen molar-refractivity contribution in [2.24, 2.45) is 0 Å². The summed E-state index contributed by atoms with van der Waals surface area (Å²) < 4.78 is 0. The van der Waals surface area contributed by atoms with Crippen LogP contribution in [0.2, 0.25) is 5.02 Å². The molecule has 1 aliphatic heterocycles. The van der Waals surface area contributed by atoms with Crippen LogP contribution >= 0.6 is 11.6 Å². The minimum Gasteiger partial charge on any atom is -0.378 e. The predicted octanol–water partition coefficient (Wildman–Crippen LogP) is 1.94. The molecule has 1 aliphatic rings. The normalized spacial score (nSPS) is 21.2. The number of benzene rings is 1. The van der Waals surface area contributed by atoms with Crippen molar-refractivity contribution >= 4 is 17.4 Å². The van der Waals surface area contributed by atoms with E-state index < -0.39 is 6.23 Å². The number of aliphatic hydroxyl groups excluding tert-OH is 1. The van der Waals surface area contributed by atoms with Gasteiger partial charge in [0.15, 0.2) is 5.78 Å². The molecule has 4 heteroatoms. The molecule has 0 radical (unpaired) electrons. The van der Waals surface area contributed by atoms with Gasteiger partial charge in [0, 0.05) is 17.1 Å². The van der Waals surface area contributed by atoms with Gasteiger partial charge in [-0.3, -0.25) is 9.69 Å². The van der Waals surface area contributed by atoms with Gasteiger partial charge < -0.3 is 5.11 Å². The first-order chi connectivity index (χ1) is 7.66. The van der Waals surface area contributed by atoms with Gasteiger partial charge in [-0.25, -0.2) is 0 Å². The van der Waals surface area contributed by atoms with Crippen LogP contribution in [-0.2, 0) is 0 Å². The molecule has 0 bridgehead atoms. The highest BCUT2D eigenvalue weighted by Crippen LogP contribution is 2.16. The second-order valence-electron chi connectivity index (χ2n) is 4.02. The second-order valence-corrected chi connectivity index (χ2v) is 4.46. The van der Waals surface area contributed by atoms with E-state index in [0.717, 1.165) is 19.4 Å². The average molecular weight is 240 g/mol. The van der Waals surface area contributed by atoms with Gasteiger partial charge in [0.25, 0.3) is 0 Å². The molecule has 0 aromatic heterocycles. The number of carbonyl (C=O) groups is 1. The highest BCUT2D eigenvalue weighted by atomic mass is 35.5. The maximum Gasteiger partial charge on any atom is 0.176 e. The van der Waals surface area contributed by atoms with Gasteiger partial charge in [-0.05, 0) is 37.1 Å². The zero-order valence-electron chi connectivity index (χ0n) is 8.90. The monoisotopic (exact) mass is 239 g/mol. The first kappa shape index (κ1) is 11.6. The summed E-state index contributed by atoms with van der Waals surface area (Å²) in [5.41, 5.74) is 0.642. The van der Waals surface area contributed by atoms with Crippen molar-refractivity contribution in [1.29, 1.82) is 0 Å². The topological polar surface area (TPSA) is 40.5 Å². The standard InChI is InChI=1S/C12H14ClNO2/c13-10-5-3-9(4-6-10)11(15)8-14-7-1-2-12(14)16/h3-6,12,16H,1-2,7-8H2. The molecule has 0 aliphatic carbocycles. The van der Waals surface area contributed by atoms with E-state index in [0.29, 0.717) is 10.6 Å². The van der Waals surface area contributed by atoms with Gasteiger partial charge in [-0.15, -0.1) is 0 Å². The lowest BCUT2D eigenvalue weighted by Gasteiger charge is -2.18. The van der Waals surface area contributed by atoms with Gasteiger partial charge in [0.1, 0.15) is 6.23 Å². The summed E-state index contributed by atoms with van der Waals surface area (Å²) in [4.78, 5) is 13.7. The van der Waals surface area contributed by atoms with Gasteiger partial charge in [0.2, 0.25) is 0 Å². The van der Waals surface area contributed by atoms with Crippen molar-refractivity contribution in [1.82, 2.24) is 4.90 Å². The Kier molecular flexibility index (Phi) is 3.59. The van der Waals surface area contributed by atoms with E-state index in [9.17, 15) is 9.90 Å². The molecule has 1 fully saturated rings. The molecule has 86 valence electrons. The molecule has 1 atom stereocenters. The van der Waals surface area contributed by atoms with E-state index in [1.54, 1.807) is 29.2 Å². The average Bonchev–Trinajstić information content (AvgIpc) is 2.65. The third kappa shape index (κ3) is 2.61. The molecule has 2 rings (SSSR count).